The van der Waals surface area contributed by atoms with E-state index in [1.165, 1.54) is 77.0 Å². The van der Waals surface area contributed by atoms with Crippen LogP contribution in [0.5, 0.6) is 0 Å². The van der Waals surface area contributed by atoms with Gasteiger partial charge in [-0.05, 0) is 43.6 Å². The van der Waals surface area contributed by atoms with Crippen LogP contribution in [0.15, 0.2) is 28.7 Å². The predicted molar refractivity (Wildman–Crippen MR) is 122 cm³/mol. The van der Waals surface area contributed by atoms with Gasteiger partial charge in [-0.3, -0.25) is 0 Å². The van der Waals surface area contributed by atoms with Gasteiger partial charge in [0.05, 0.1) is 6.10 Å². The normalized spacial score (nSPS) is 12.6. The molecule has 1 unspecified atom stereocenters. The van der Waals surface area contributed by atoms with E-state index in [0.29, 0.717) is 0 Å². The van der Waals surface area contributed by atoms with E-state index < -0.39 is 6.10 Å². The van der Waals surface area contributed by atoms with Crippen molar-refractivity contribution < 1.29 is 5.11 Å². The molecule has 0 aliphatic rings. The minimum Gasteiger partial charge on any atom is -0.387 e. The van der Waals surface area contributed by atoms with E-state index >= 15 is 0 Å². The zero-order chi connectivity index (χ0) is 19.7. The Hall–Kier alpha value is -0.380. The molecule has 1 atom stereocenters. The summed E-state index contributed by atoms with van der Waals surface area (Å²) in [7, 11) is 0. The third kappa shape index (κ3) is 12.6. The maximum absolute atomic E-state index is 10.7. The Labute approximate surface area is 176 Å². The highest BCUT2D eigenvalue weighted by Gasteiger charge is 2.13. The fourth-order valence-corrected chi connectivity index (χ4v) is 3.83. The van der Waals surface area contributed by atoms with Crippen LogP contribution in [0.3, 0.4) is 0 Å². The molecule has 2 nitrogen and oxygen atoms in total. The van der Waals surface area contributed by atoms with Crippen LogP contribution in [-0.4, -0.2) is 29.6 Å². The number of aliphatic hydroxyl groups excluding tert-OH is 1. The maximum atomic E-state index is 10.7. The lowest BCUT2D eigenvalue weighted by molar-refractivity contribution is 0.110. The highest BCUT2D eigenvalue weighted by atomic mass is 79.9. The molecule has 3 heteroatoms. The molecule has 1 rings (SSSR count). The SMILES string of the molecule is CCCCCCCCN(CCCCCCCC)CC(O)c1ccc(Br)cc1. The topological polar surface area (TPSA) is 23.5 Å². The van der Waals surface area contributed by atoms with E-state index in [1.807, 2.05) is 24.3 Å². The van der Waals surface area contributed by atoms with Crippen LogP contribution >= 0.6 is 15.9 Å². The van der Waals surface area contributed by atoms with Crippen molar-refractivity contribution in [2.75, 3.05) is 19.6 Å². The van der Waals surface area contributed by atoms with Crippen LogP contribution in [0.2, 0.25) is 0 Å². The molecular weight excluding hydrogens is 398 g/mol. The van der Waals surface area contributed by atoms with Gasteiger partial charge in [0.1, 0.15) is 0 Å². The first kappa shape index (κ1) is 24.7. The van der Waals surface area contributed by atoms with Crippen LogP contribution in [0.4, 0.5) is 0 Å². The second kappa shape index (κ2) is 16.6. The predicted octanol–water partition coefficient (Wildman–Crippen LogP) is 7.51. The number of aliphatic hydroxyl groups is 1. The smallest absolute Gasteiger partial charge is 0.0916 e. The molecule has 0 spiro atoms. The average molecular weight is 441 g/mol. The molecule has 0 aliphatic carbocycles. The Morgan fingerprint density at radius 2 is 1.19 bits per heavy atom. The van der Waals surface area contributed by atoms with Crippen LogP contribution in [-0.2, 0) is 0 Å². The van der Waals surface area contributed by atoms with Crippen molar-refractivity contribution >= 4 is 15.9 Å². The summed E-state index contributed by atoms with van der Waals surface area (Å²) >= 11 is 3.47. The molecule has 0 radical (unpaired) electrons. The van der Waals surface area contributed by atoms with E-state index in [1.54, 1.807) is 0 Å². The lowest BCUT2D eigenvalue weighted by Crippen LogP contribution is -2.31. The van der Waals surface area contributed by atoms with Crippen molar-refractivity contribution in [1.29, 1.82) is 0 Å². The molecule has 0 aliphatic heterocycles. The standard InChI is InChI=1S/C24H42BrNO/c1-3-5-7-9-11-13-19-26(20-14-12-10-8-6-4-2)21-24(27)22-15-17-23(25)18-16-22/h15-18,24,27H,3-14,19-21H2,1-2H3. The summed E-state index contributed by atoms with van der Waals surface area (Å²) in [5, 5.41) is 10.7. The highest BCUT2D eigenvalue weighted by Crippen LogP contribution is 2.19. The van der Waals surface area contributed by atoms with E-state index in [2.05, 4.69) is 34.7 Å². The van der Waals surface area contributed by atoms with Crippen LogP contribution in [0.25, 0.3) is 0 Å². The van der Waals surface area contributed by atoms with Gasteiger partial charge in [-0.1, -0.05) is 106 Å². The summed E-state index contributed by atoms with van der Waals surface area (Å²) < 4.78 is 1.06. The first-order chi connectivity index (χ1) is 13.2. The molecule has 1 aromatic rings. The van der Waals surface area contributed by atoms with Crippen molar-refractivity contribution in [3.63, 3.8) is 0 Å². The second-order valence-corrected chi connectivity index (χ2v) is 8.82. The zero-order valence-corrected chi connectivity index (χ0v) is 19.4. The van der Waals surface area contributed by atoms with Gasteiger partial charge >= 0.3 is 0 Å². The van der Waals surface area contributed by atoms with Gasteiger partial charge in [-0.25, -0.2) is 0 Å². The summed E-state index contributed by atoms with van der Waals surface area (Å²) in [5.74, 6) is 0. The molecule has 0 fully saturated rings. The van der Waals surface area contributed by atoms with E-state index in [0.717, 1.165) is 29.7 Å². The van der Waals surface area contributed by atoms with E-state index in [-0.39, 0.29) is 0 Å². The number of hydrogen-bond donors (Lipinski definition) is 1. The minimum atomic E-state index is -0.390. The first-order valence-corrected chi connectivity index (χ1v) is 12.1. The van der Waals surface area contributed by atoms with Gasteiger partial charge in [0.2, 0.25) is 0 Å². The van der Waals surface area contributed by atoms with Gasteiger partial charge in [-0.15, -0.1) is 0 Å². The van der Waals surface area contributed by atoms with Gasteiger partial charge < -0.3 is 10.0 Å². The summed E-state index contributed by atoms with van der Waals surface area (Å²) in [6.45, 7) is 7.53. The Morgan fingerprint density at radius 3 is 1.67 bits per heavy atom. The Bertz CT molecular complexity index is 432. The van der Waals surface area contributed by atoms with Crippen molar-refractivity contribution in [1.82, 2.24) is 4.90 Å². The average Bonchev–Trinajstić information content (AvgIpc) is 2.67. The molecule has 1 aromatic carbocycles. The zero-order valence-electron chi connectivity index (χ0n) is 17.8. The van der Waals surface area contributed by atoms with Crippen molar-refractivity contribution in [2.24, 2.45) is 0 Å². The first-order valence-electron chi connectivity index (χ1n) is 11.3. The van der Waals surface area contributed by atoms with Crippen LogP contribution in [0.1, 0.15) is 103 Å². The molecule has 0 bridgehead atoms. The van der Waals surface area contributed by atoms with Gasteiger partial charge in [0.25, 0.3) is 0 Å². The summed E-state index contributed by atoms with van der Waals surface area (Å²) in [6, 6.07) is 8.10. The van der Waals surface area contributed by atoms with Gasteiger partial charge in [-0.2, -0.15) is 0 Å². The fraction of sp³-hybridized carbons (Fsp3) is 0.750. The van der Waals surface area contributed by atoms with Crippen LogP contribution < -0.4 is 0 Å². The molecule has 0 saturated carbocycles. The maximum Gasteiger partial charge on any atom is 0.0916 e. The number of unbranched alkanes of at least 4 members (excludes halogenated alkanes) is 10. The highest BCUT2D eigenvalue weighted by molar-refractivity contribution is 9.10. The lowest BCUT2D eigenvalue weighted by Gasteiger charge is -2.25. The van der Waals surface area contributed by atoms with Crippen LogP contribution in [0, 0.1) is 0 Å². The molecule has 27 heavy (non-hydrogen) atoms. The molecule has 156 valence electrons. The molecule has 0 heterocycles. The van der Waals surface area contributed by atoms with E-state index in [9.17, 15) is 5.11 Å². The monoisotopic (exact) mass is 439 g/mol. The number of halogens is 1. The Kier molecular flexibility index (Phi) is 15.1. The van der Waals surface area contributed by atoms with E-state index in [4.69, 9.17) is 0 Å². The van der Waals surface area contributed by atoms with Crippen molar-refractivity contribution in [3.05, 3.63) is 34.3 Å². The second-order valence-electron chi connectivity index (χ2n) is 7.90. The van der Waals surface area contributed by atoms with Crippen molar-refractivity contribution in [3.8, 4) is 0 Å². The number of nitrogens with zero attached hydrogens (tertiary/aromatic N) is 1. The molecule has 1 N–H and O–H groups in total. The molecular formula is C24H42BrNO. The molecule has 0 aromatic heterocycles. The van der Waals surface area contributed by atoms with Gasteiger partial charge in [0, 0.05) is 11.0 Å². The number of benzene rings is 1. The summed E-state index contributed by atoms with van der Waals surface area (Å²) in [4.78, 5) is 2.49. The minimum absolute atomic E-state index is 0.390. The largest absolute Gasteiger partial charge is 0.387 e. The third-order valence-electron chi connectivity index (χ3n) is 5.34. The number of rotatable bonds is 17. The summed E-state index contributed by atoms with van der Waals surface area (Å²) in [5.41, 5.74) is 1.02. The third-order valence-corrected chi connectivity index (χ3v) is 5.87. The summed E-state index contributed by atoms with van der Waals surface area (Å²) in [6.07, 6.45) is 15.6. The molecule has 0 amide bonds. The fourth-order valence-electron chi connectivity index (χ4n) is 3.56. The quantitative estimate of drug-likeness (QED) is 0.254. The molecule has 0 saturated heterocycles. The Morgan fingerprint density at radius 1 is 0.741 bits per heavy atom. The number of hydrogen-bond acceptors (Lipinski definition) is 2. The van der Waals surface area contributed by atoms with Gasteiger partial charge in [0.15, 0.2) is 0 Å². The lowest BCUT2D eigenvalue weighted by atomic mass is 10.1. The van der Waals surface area contributed by atoms with Crippen molar-refractivity contribution in [2.45, 2.75) is 97.0 Å². The Balaban J connectivity index is 2.39.